The summed E-state index contributed by atoms with van der Waals surface area (Å²) < 4.78 is 13.6. The fraction of sp³-hybridized carbons (Fsp3) is 0.158. The summed E-state index contributed by atoms with van der Waals surface area (Å²) in [6.45, 7) is 4.65. The van der Waals surface area contributed by atoms with Gasteiger partial charge in [0.15, 0.2) is 0 Å². The lowest BCUT2D eigenvalue weighted by molar-refractivity contribution is 0.254. The molecule has 0 aliphatic carbocycles. The van der Waals surface area contributed by atoms with Gasteiger partial charge in [0, 0.05) is 29.9 Å². The van der Waals surface area contributed by atoms with Crippen LogP contribution in [0, 0.1) is 5.82 Å². The number of halogens is 1. The molecule has 24 heavy (non-hydrogen) atoms. The molecule has 2 amide bonds. The van der Waals surface area contributed by atoms with E-state index in [1.54, 1.807) is 18.2 Å². The van der Waals surface area contributed by atoms with Gasteiger partial charge >= 0.3 is 6.03 Å². The highest BCUT2D eigenvalue weighted by molar-refractivity contribution is 6.14. The molecule has 0 atom stereocenters. The molecule has 3 rings (SSSR count). The van der Waals surface area contributed by atoms with E-state index in [0.717, 1.165) is 28.8 Å². The van der Waals surface area contributed by atoms with Gasteiger partial charge in [0.1, 0.15) is 5.82 Å². The van der Waals surface area contributed by atoms with E-state index < -0.39 is 6.03 Å². The Balaban J connectivity index is 1.95. The van der Waals surface area contributed by atoms with Crippen molar-refractivity contribution in [2.24, 2.45) is 10.7 Å². The Morgan fingerprint density at radius 2 is 2.04 bits per heavy atom. The Kier molecular flexibility index (Phi) is 4.42. The predicted molar refractivity (Wildman–Crippen MR) is 94.2 cm³/mol. The molecule has 1 heterocycles. The zero-order chi connectivity index (χ0) is 17.1. The molecule has 0 aromatic heterocycles. The zero-order valence-corrected chi connectivity index (χ0v) is 13.2. The normalized spacial score (nSPS) is 13.0. The molecule has 122 valence electrons. The minimum Gasteiger partial charge on any atom is -0.351 e. The first-order chi connectivity index (χ1) is 11.6. The summed E-state index contributed by atoms with van der Waals surface area (Å²) in [6, 6.07) is 11.6. The van der Waals surface area contributed by atoms with Crippen molar-refractivity contribution in [1.29, 1.82) is 0 Å². The molecule has 0 fully saturated rings. The van der Waals surface area contributed by atoms with E-state index in [0.29, 0.717) is 18.8 Å². The Morgan fingerprint density at radius 1 is 1.29 bits per heavy atom. The first-order valence-electron chi connectivity index (χ1n) is 7.71. The standard InChI is InChI=1S/C19H18FN3O/c1-2-11-23(19(21)24)16-7-4-14(5-8-16)18-17-12-15(20)6-3-13(17)9-10-22-18/h2-8,12H,1,9-11H2,(H2,21,24). The van der Waals surface area contributed by atoms with Crippen molar-refractivity contribution in [3.05, 3.63) is 77.6 Å². The number of carbonyl (C=O) groups is 1. The van der Waals surface area contributed by atoms with E-state index in [4.69, 9.17) is 5.73 Å². The third-order valence-corrected chi connectivity index (χ3v) is 4.01. The van der Waals surface area contributed by atoms with Gasteiger partial charge in [-0.3, -0.25) is 9.89 Å². The molecule has 0 saturated heterocycles. The van der Waals surface area contributed by atoms with Crippen LogP contribution in [0.25, 0.3) is 0 Å². The number of benzene rings is 2. The van der Waals surface area contributed by atoms with Crippen molar-refractivity contribution in [3.63, 3.8) is 0 Å². The van der Waals surface area contributed by atoms with Crippen molar-refractivity contribution in [1.82, 2.24) is 0 Å². The number of amides is 2. The highest BCUT2D eigenvalue weighted by atomic mass is 19.1. The lowest BCUT2D eigenvalue weighted by Crippen LogP contribution is -2.35. The van der Waals surface area contributed by atoms with E-state index in [-0.39, 0.29) is 5.82 Å². The SMILES string of the molecule is C=CCN(C(N)=O)c1ccc(C2=NCCc3ccc(F)cc32)cc1. The fourth-order valence-corrected chi connectivity index (χ4v) is 2.86. The van der Waals surface area contributed by atoms with Crippen LogP contribution >= 0.6 is 0 Å². The van der Waals surface area contributed by atoms with Gasteiger partial charge in [-0.2, -0.15) is 0 Å². The van der Waals surface area contributed by atoms with Crippen molar-refractivity contribution in [3.8, 4) is 0 Å². The maximum Gasteiger partial charge on any atom is 0.319 e. The van der Waals surface area contributed by atoms with E-state index in [2.05, 4.69) is 11.6 Å². The van der Waals surface area contributed by atoms with Crippen molar-refractivity contribution in [2.45, 2.75) is 6.42 Å². The number of fused-ring (bicyclic) bond motifs is 1. The van der Waals surface area contributed by atoms with Crippen LogP contribution in [0.2, 0.25) is 0 Å². The van der Waals surface area contributed by atoms with Crippen LogP contribution in [0.15, 0.2) is 60.1 Å². The van der Waals surface area contributed by atoms with E-state index in [1.165, 1.54) is 17.0 Å². The second kappa shape index (κ2) is 6.66. The highest BCUT2D eigenvalue weighted by Gasteiger charge is 2.17. The Morgan fingerprint density at radius 3 is 2.71 bits per heavy atom. The van der Waals surface area contributed by atoms with Gasteiger partial charge in [0.05, 0.1) is 5.71 Å². The van der Waals surface area contributed by atoms with Crippen LogP contribution < -0.4 is 10.6 Å². The van der Waals surface area contributed by atoms with Crippen LogP contribution in [-0.2, 0) is 6.42 Å². The van der Waals surface area contributed by atoms with Gasteiger partial charge in [-0.1, -0.05) is 24.3 Å². The average molecular weight is 323 g/mol. The lowest BCUT2D eigenvalue weighted by atomic mass is 9.93. The Bertz CT molecular complexity index is 812. The molecule has 0 unspecified atom stereocenters. The second-order valence-electron chi connectivity index (χ2n) is 5.57. The minimum atomic E-state index is -0.537. The number of nitrogens with two attached hydrogens (primary N) is 1. The number of rotatable bonds is 4. The van der Waals surface area contributed by atoms with Gasteiger partial charge in [-0.25, -0.2) is 9.18 Å². The van der Waals surface area contributed by atoms with Crippen LogP contribution in [0.3, 0.4) is 0 Å². The summed E-state index contributed by atoms with van der Waals surface area (Å²) in [5.41, 5.74) is 9.65. The third kappa shape index (κ3) is 3.06. The Hall–Kier alpha value is -2.95. The van der Waals surface area contributed by atoms with Gasteiger partial charge < -0.3 is 5.73 Å². The molecule has 2 aromatic carbocycles. The van der Waals surface area contributed by atoms with Crippen molar-refractivity contribution >= 4 is 17.4 Å². The molecule has 0 bridgehead atoms. The number of nitrogens with zero attached hydrogens (tertiary/aromatic N) is 2. The summed E-state index contributed by atoms with van der Waals surface area (Å²) >= 11 is 0. The number of carbonyl (C=O) groups excluding carboxylic acids is 1. The molecular formula is C19H18FN3O. The van der Waals surface area contributed by atoms with Crippen LogP contribution in [-0.4, -0.2) is 24.8 Å². The first-order valence-corrected chi connectivity index (χ1v) is 7.71. The van der Waals surface area contributed by atoms with Crippen molar-refractivity contribution in [2.75, 3.05) is 18.0 Å². The number of hydrogen-bond donors (Lipinski definition) is 1. The summed E-state index contributed by atoms with van der Waals surface area (Å²) in [5.74, 6) is -0.272. The fourth-order valence-electron chi connectivity index (χ4n) is 2.86. The number of hydrogen-bond acceptors (Lipinski definition) is 2. The number of urea groups is 1. The topological polar surface area (TPSA) is 58.7 Å². The first kappa shape index (κ1) is 15.9. The number of primary amides is 1. The number of aliphatic imine (C=N–C) groups is 1. The van der Waals surface area contributed by atoms with E-state index in [1.807, 2.05) is 18.2 Å². The highest BCUT2D eigenvalue weighted by Crippen LogP contribution is 2.23. The van der Waals surface area contributed by atoms with E-state index in [9.17, 15) is 9.18 Å². The average Bonchev–Trinajstić information content (AvgIpc) is 2.59. The quantitative estimate of drug-likeness (QED) is 0.862. The van der Waals surface area contributed by atoms with Crippen LogP contribution in [0.1, 0.15) is 16.7 Å². The van der Waals surface area contributed by atoms with Crippen LogP contribution in [0.5, 0.6) is 0 Å². The third-order valence-electron chi connectivity index (χ3n) is 4.01. The van der Waals surface area contributed by atoms with E-state index >= 15 is 0 Å². The van der Waals surface area contributed by atoms with Gasteiger partial charge in [0.25, 0.3) is 0 Å². The van der Waals surface area contributed by atoms with Gasteiger partial charge in [-0.15, -0.1) is 6.58 Å². The maximum atomic E-state index is 13.6. The molecule has 0 saturated carbocycles. The predicted octanol–water partition coefficient (Wildman–Crippen LogP) is 3.29. The molecule has 2 N–H and O–H groups in total. The van der Waals surface area contributed by atoms with Gasteiger partial charge in [0.2, 0.25) is 0 Å². The summed E-state index contributed by atoms with van der Waals surface area (Å²) in [4.78, 5) is 17.5. The molecule has 5 heteroatoms. The molecule has 2 aromatic rings. The summed E-state index contributed by atoms with van der Waals surface area (Å²) in [7, 11) is 0. The second-order valence-corrected chi connectivity index (χ2v) is 5.57. The monoisotopic (exact) mass is 323 g/mol. The van der Waals surface area contributed by atoms with Crippen LogP contribution in [0.4, 0.5) is 14.9 Å². The summed E-state index contributed by atoms with van der Waals surface area (Å²) in [5, 5.41) is 0. The Labute approximate surface area is 140 Å². The largest absolute Gasteiger partial charge is 0.351 e. The van der Waals surface area contributed by atoms with Crippen molar-refractivity contribution < 1.29 is 9.18 Å². The lowest BCUT2D eigenvalue weighted by Gasteiger charge is -2.20. The molecule has 0 spiro atoms. The molecule has 4 nitrogen and oxygen atoms in total. The molecule has 0 radical (unpaired) electrons. The smallest absolute Gasteiger partial charge is 0.319 e. The zero-order valence-electron chi connectivity index (χ0n) is 13.2. The van der Waals surface area contributed by atoms with Gasteiger partial charge in [-0.05, 0) is 36.2 Å². The maximum absolute atomic E-state index is 13.6. The molecule has 1 aliphatic rings. The molecular weight excluding hydrogens is 305 g/mol. The summed E-state index contributed by atoms with van der Waals surface area (Å²) in [6.07, 6.45) is 2.43. The molecule has 1 aliphatic heterocycles. The minimum absolute atomic E-state index is 0.272. The number of anilines is 1.